The molecule has 2 amide bonds. The van der Waals surface area contributed by atoms with E-state index in [1.807, 2.05) is 31.2 Å². The highest BCUT2D eigenvalue weighted by Gasteiger charge is 2.13. The number of methoxy groups -OCH3 is 2. The van der Waals surface area contributed by atoms with Gasteiger partial charge in [0, 0.05) is 11.8 Å². The SMILES string of the molecule is COc1cc(OC)c(NC(=O)CSCC(=O)Nc2ccc(C)cc2)cc1Cl. The van der Waals surface area contributed by atoms with Crippen molar-refractivity contribution in [1.82, 2.24) is 0 Å². The standard InChI is InChI=1S/C19H21ClN2O4S/c1-12-4-6-13(7-5-12)21-18(23)10-27-11-19(24)22-15-8-14(20)16(25-2)9-17(15)26-3/h4-9H,10-11H2,1-3H3,(H,21,23)(H,22,24). The number of carbonyl (C=O) groups excluding carboxylic acids is 2. The van der Waals surface area contributed by atoms with Gasteiger partial charge < -0.3 is 20.1 Å². The topological polar surface area (TPSA) is 76.7 Å². The number of benzene rings is 2. The molecule has 0 radical (unpaired) electrons. The molecule has 144 valence electrons. The van der Waals surface area contributed by atoms with E-state index in [1.165, 1.54) is 26.0 Å². The molecule has 2 aromatic carbocycles. The average molecular weight is 409 g/mol. The van der Waals surface area contributed by atoms with Gasteiger partial charge in [-0.15, -0.1) is 11.8 Å². The van der Waals surface area contributed by atoms with Gasteiger partial charge in [-0.1, -0.05) is 29.3 Å². The number of carbonyl (C=O) groups is 2. The van der Waals surface area contributed by atoms with Gasteiger partial charge in [0.2, 0.25) is 11.8 Å². The number of anilines is 2. The molecule has 0 aliphatic heterocycles. The van der Waals surface area contributed by atoms with Crippen molar-refractivity contribution in [2.24, 2.45) is 0 Å². The number of hydrogen-bond donors (Lipinski definition) is 2. The molecule has 0 aromatic heterocycles. The van der Waals surface area contributed by atoms with E-state index in [1.54, 1.807) is 12.1 Å². The Morgan fingerprint density at radius 3 is 2.15 bits per heavy atom. The summed E-state index contributed by atoms with van der Waals surface area (Å²) in [5, 5.41) is 5.87. The van der Waals surface area contributed by atoms with Crippen LogP contribution in [0.1, 0.15) is 5.56 Å². The van der Waals surface area contributed by atoms with Crippen LogP contribution < -0.4 is 20.1 Å². The monoisotopic (exact) mass is 408 g/mol. The molecule has 2 aromatic rings. The van der Waals surface area contributed by atoms with Crippen molar-refractivity contribution in [3.63, 3.8) is 0 Å². The zero-order valence-electron chi connectivity index (χ0n) is 15.3. The maximum absolute atomic E-state index is 12.1. The highest BCUT2D eigenvalue weighted by molar-refractivity contribution is 8.00. The van der Waals surface area contributed by atoms with Crippen LogP contribution >= 0.6 is 23.4 Å². The Balaban J connectivity index is 1.83. The van der Waals surface area contributed by atoms with E-state index in [-0.39, 0.29) is 23.3 Å². The van der Waals surface area contributed by atoms with Gasteiger partial charge >= 0.3 is 0 Å². The summed E-state index contributed by atoms with van der Waals surface area (Å²) in [5.74, 6) is 0.750. The summed E-state index contributed by atoms with van der Waals surface area (Å²) in [6, 6.07) is 10.7. The Bertz CT molecular complexity index is 812. The first-order valence-corrected chi connectivity index (χ1v) is 9.62. The first kappa shape index (κ1) is 20.9. The Morgan fingerprint density at radius 2 is 1.56 bits per heavy atom. The predicted octanol–water partition coefficient (Wildman–Crippen LogP) is 3.98. The average Bonchev–Trinajstić information content (AvgIpc) is 2.64. The molecule has 2 N–H and O–H groups in total. The smallest absolute Gasteiger partial charge is 0.234 e. The number of halogens is 1. The van der Waals surface area contributed by atoms with Crippen molar-refractivity contribution >= 4 is 46.6 Å². The molecule has 6 nitrogen and oxygen atoms in total. The Hall–Kier alpha value is -2.38. The van der Waals surface area contributed by atoms with Crippen molar-refractivity contribution in [3.05, 3.63) is 47.0 Å². The summed E-state index contributed by atoms with van der Waals surface area (Å²) in [6.45, 7) is 1.98. The fraction of sp³-hybridized carbons (Fsp3) is 0.263. The van der Waals surface area contributed by atoms with Crippen molar-refractivity contribution in [2.75, 3.05) is 36.4 Å². The van der Waals surface area contributed by atoms with Gasteiger partial charge in [-0.05, 0) is 25.1 Å². The quantitative estimate of drug-likeness (QED) is 0.691. The third-order valence-corrected chi connectivity index (χ3v) is 4.78. The third kappa shape index (κ3) is 6.37. The molecular formula is C19H21ClN2O4S. The van der Waals surface area contributed by atoms with E-state index >= 15 is 0 Å². The number of amides is 2. The molecule has 0 bridgehead atoms. The Morgan fingerprint density at radius 1 is 0.963 bits per heavy atom. The number of nitrogens with one attached hydrogen (secondary N) is 2. The maximum atomic E-state index is 12.1. The van der Waals surface area contributed by atoms with Gasteiger partial charge in [-0.2, -0.15) is 0 Å². The number of ether oxygens (including phenoxy) is 2. The predicted molar refractivity (Wildman–Crippen MR) is 110 cm³/mol. The highest BCUT2D eigenvalue weighted by atomic mass is 35.5. The van der Waals surface area contributed by atoms with E-state index in [4.69, 9.17) is 21.1 Å². The molecule has 0 aliphatic rings. The third-order valence-electron chi connectivity index (χ3n) is 3.55. The van der Waals surface area contributed by atoms with Gasteiger partial charge in [-0.3, -0.25) is 9.59 Å². The molecule has 0 saturated heterocycles. The normalized spacial score (nSPS) is 10.2. The molecule has 0 aliphatic carbocycles. The lowest BCUT2D eigenvalue weighted by atomic mass is 10.2. The number of aryl methyl sites for hydroxylation is 1. The highest BCUT2D eigenvalue weighted by Crippen LogP contribution is 2.35. The van der Waals surface area contributed by atoms with Crippen LogP contribution in [0.15, 0.2) is 36.4 Å². The molecule has 0 spiro atoms. The van der Waals surface area contributed by atoms with Crippen molar-refractivity contribution in [1.29, 1.82) is 0 Å². The molecule has 2 rings (SSSR count). The second-order valence-electron chi connectivity index (χ2n) is 5.64. The van der Waals surface area contributed by atoms with E-state index in [0.717, 1.165) is 11.3 Å². The van der Waals surface area contributed by atoms with Crippen LogP contribution in [0.2, 0.25) is 5.02 Å². The minimum Gasteiger partial charge on any atom is -0.495 e. The number of rotatable bonds is 8. The van der Waals surface area contributed by atoms with E-state index < -0.39 is 0 Å². The largest absolute Gasteiger partial charge is 0.495 e. The van der Waals surface area contributed by atoms with Crippen LogP contribution in [0.5, 0.6) is 11.5 Å². The molecule has 27 heavy (non-hydrogen) atoms. The van der Waals surface area contributed by atoms with Gasteiger partial charge in [0.15, 0.2) is 0 Å². The zero-order valence-corrected chi connectivity index (χ0v) is 16.9. The van der Waals surface area contributed by atoms with Crippen molar-refractivity contribution in [3.8, 4) is 11.5 Å². The van der Waals surface area contributed by atoms with Crippen molar-refractivity contribution in [2.45, 2.75) is 6.92 Å². The first-order chi connectivity index (χ1) is 12.9. The molecule has 0 atom stereocenters. The summed E-state index contributed by atoms with van der Waals surface area (Å²) >= 11 is 7.30. The van der Waals surface area contributed by atoms with Gasteiger partial charge in [0.1, 0.15) is 11.5 Å². The second-order valence-corrected chi connectivity index (χ2v) is 7.04. The molecule has 0 saturated carbocycles. The van der Waals surface area contributed by atoms with Crippen LogP contribution in [0.3, 0.4) is 0 Å². The van der Waals surface area contributed by atoms with Gasteiger partial charge in [0.05, 0.1) is 36.4 Å². The van der Waals surface area contributed by atoms with E-state index in [2.05, 4.69) is 10.6 Å². The molecule has 0 fully saturated rings. The lowest BCUT2D eigenvalue weighted by molar-refractivity contribution is -0.114. The van der Waals surface area contributed by atoms with Crippen LogP contribution in [0.4, 0.5) is 11.4 Å². The summed E-state index contributed by atoms with van der Waals surface area (Å²) in [7, 11) is 2.99. The molecular weight excluding hydrogens is 388 g/mol. The Kier molecular flexibility index (Phi) is 7.82. The zero-order chi connectivity index (χ0) is 19.8. The number of thioether (sulfide) groups is 1. The summed E-state index contributed by atoms with van der Waals surface area (Å²) in [6.07, 6.45) is 0. The van der Waals surface area contributed by atoms with Crippen LogP contribution in [-0.2, 0) is 9.59 Å². The van der Waals surface area contributed by atoms with Crippen LogP contribution in [-0.4, -0.2) is 37.5 Å². The fourth-order valence-electron chi connectivity index (χ4n) is 2.21. The lowest BCUT2D eigenvalue weighted by Crippen LogP contribution is -2.18. The number of hydrogen-bond acceptors (Lipinski definition) is 5. The first-order valence-electron chi connectivity index (χ1n) is 8.08. The van der Waals surface area contributed by atoms with Crippen LogP contribution in [0, 0.1) is 6.92 Å². The van der Waals surface area contributed by atoms with Gasteiger partial charge in [0.25, 0.3) is 0 Å². The minimum atomic E-state index is -0.261. The summed E-state index contributed by atoms with van der Waals surface area (Å²) in [4.78, 5) is 24.1. The molecule has 0 heterocycles. The van der Waals surface area contributed by atoms with Crippen LogP contribution in [0.25, 0.3) is 0 Å². The molecule has 8 heteroatoms. The Labute approximate surface area is 167 Å². The fourth-order valence-corrected chi connectivity index (χ4v) is 3.07. The maximum Gasteiger partial charge on any atom is 0.234 e. The van der Waals surface area contributed by atoms with E-state index in [0.29, 0.717) is 22.2 Å². The summed E-state index contributed by atoms with van der Waals surface area (Å²) < 4.78 is 10.4. The summed E-state index contributed by atoms with van der Waals surface area (Å²) in [5.41, 5.74) is 2.29. The minimum absolute atomic E-state index is 0.119. The second kappa shape index (κ2) is 10.1. The van der Waals surface area contributed by atoms with Crippen molar-refractivity contribution < 1.29 is 19.1 Å². The van der Waals surface area contributed by atoms with Gasteiger partial charge in [-0.25, -0.2) is 0 Å². The molecule has 0 unspecified atom stereocenters. The lowest BCUT2D eigenvalue weighted by Gasteiger charge is -2.13. The van der Waals surface area contributed by atoms with E-state index in [9.17, 15) is 9.59 Å².